The smallest absolute Gasteiger partial charge is 0.0547 e. The van der Waals surface area contributed by atoms with Crippen molar-refractivity contribution in [3.63, 3.8) is 0 Å². The molecule has 0 aromatic heterocycles. The Balaban J connectivity index is 2.59. The highest BCUT2D eigenvalue weighted by atomic mass is 16.5. The van der Waals surface area contributed by atoms with E-state index >= 15 is 0 Å². The Hall–Kier alpha value is -0.160. The Labute approximate surface area is 119 Å². The molecule has 0 radical (unpaired) electrons. The van der Waals surface area contributed by atoms with Crippen LogP contribution < -0.4 is 5.32 Å². The largest absolute Gasteiger partial charge is 0.381 e. The van der Waals surface area contributed by atoms with Crippen molar-refractivity contribution in [3.8, 4) is 0 Å². The fourth-order valence-corrected chi connectivity index (χ4v) is 3.01. The Morgan fingerprint density at radius 1 is 1.32 bits per heavy atom. The van der Waals surface area contributed by atoms with Crippen LogP contribution in [-0.4, -0.2) is 75.9 Å². The Morgan fingerprint density at radius 2 is 2.05 bits per heavy atom. The molecule has 2 atom stereocenters. The minimum absolute atomic E-state index is 0.312. The quantitative estimate of drug-likeness (QED) is 0.683. The van der Waals surface area contributed by atoms with E-state index in [1.54, 1.807) is 0 Å². The molecule has 1 fully saturated rings. The van der Waals surface area contributed by atoms with Gasteiger partial charge in [0, 0.05) is 37.7 Å². The first kappa shape index (κ1) is 16.9. The van der Waals surface area contributed by atoms with Gasteiger partial charge in [-0.05, 0) is 40.5 Å². The lowest BCUT2D eigenvalue weighted by Gasteiger charge is -2.38. The molecule has 4 nitrogen and oxygen atoms in total. The van der Waals surface area contributed by atoms with E-state index in [2.05, 4.69) is 50.0 Å². The van der Waals surface area contributed by atoms with Crippen molar-refractivity contribution in [1.82, 2.24) is 15.1 Å². The summed E-state index contributed by atoms with van der Waals surface area (Å²) in [5.41, 5.74) is 0.312. The Bertz CT molecular complexity index is 240. The predicted molar refractivity (Wildman–Crippen MR) is 81.7 cm³/mol. The summed E-state index contributed by atoms with van der Waals surface area (Å²) in [4.78, 5) is 4.88. The molecule has 4 heteroatoms. The van der Waals surface area contributed by atoms with Gasteiger partial charge >= 0.3 is 0 Å². The van der Waals surface area contributed by atoms with Gasteiger partial charge in [0.15, 0.2) is 0 Å². The van der Waals surface area contributed by atoms with Gasteiger partial charge in [0.05, 0.1) is 6.61 Å². The molecule has 1 heterocycles. The SMILES string of the molecule is CCNCC1(CN(CC)C(C)CN(C)C)CCOC1. The zero-order chi connectivity index (χ0) is 14.3. The van der Waals surface area contributed by atoms with Gasteiger partial charge in [-0.25, -0.2) is 0 Å². The van der Waals surface area contributed by atoms with Crippen LogP contribution in [0.5, 0.6) is 0 Å². The van der Waals surface area contributed by atoms with Crippen LogP contribution in [0.4, 0.5) is 0 Å². The second-order valence-electron chi connectivity index (χ2n) is 6.26. The molecule has 114 valence electrons. The number of nitrogens with zero attached hydrogens (tertiary/aromatic N) is 2. The fourth-order valence-electron chi connectivity index (χ4n) is 3.01. The summed E-state index contributed by atoms with van der Waals surface area (Å²) in [6.07, 6.45) is 1.19. The molecule has 19 heavy (non-hydrogen) atoms. The van der Waals surface area contributed by atoms with Gasteiger partial charge in [-0.3, -0.25) is 4.90 Å². The standard InChI is InChI=1S/C15H33N3O/c1-6-16-11-15(8-9-19-13-15)12-18(7-2)14(3)10-17(4)5/h14,16H,6-13H2,1-5H3. The molecule has 0 aromatic carbocycles. The van der Waals surface area contributed by atoms with Crippen LogP contribution in [0.15, 0.2) is 0 Å². The third kappa shape index (κ3) is 5.38. The van der Waals surface area contributed by atoms with Crippen molar-refractivity contribution < 1.29 is 4.74 Å². The highest BCUT2D eigenvalue weighted by Crippen LogP contribution is 2.29. The van der Waals surface area contributed by atoms with Gasteiger partial charge in [0.25, 0.3) is 0 Å². The van der Waals surface area contributed by atoms with Crippen LogP contribution in [0.1, 0.15) is 27.2 Å². The second kappa shape index (κ2) is 8.20. The van der Waals surface area contributed by atoms with E-state index in [1.807, 2.05) is 0 Å². The van der Waals surface area contributed by atoms with Crippen LogP contribution in [0.3, 0.4) is 0 Å². The topological polar surface area (TPSA) is 27.7 Å². The first-order chi connectivity index (χ1) is 9.03. The van der Waals surface area contributed by atoms with E-state index in [0.29, 0.717) is 11.5 Å². The maximum atomic E-state index is 5.69. The molecule has 0 aromatic rings. The lowest BCUT2D eigenvalue weighted by Crippen LogP contribution is -2.49. The maximum absolute atomic E-state index is 5.69. The number of likely N-dealkylation sites (N-methyl/N-ethyl adjacent to an activating group) is 2. The fraction of sp³-hybridized carbons (Fsp3) is 1.00. The lowest BCUT2D eigenvalue weighted by atomic mass is 9.86. The molecule has 0 spiro atoms. The number of ether oxygens (including phenoxy) is 1. The Kier molecular flexibility index (Phi) is 7.29. The highest BCUT2D eigenvalue weighted by molar-refractivity contribution is 4.89. The summed E-state index contributed by atoms with van der Waals surface area (Å²) in [5, 5.41) is 3.52. The van der Waals surface area contributed by atoms with Gasteiger partial charge in [-0.15, -0.1) is 0 Å². The van der Waals surface area contributed by atoms with E-state index in [1.165, 1.54) is 6.42 Å². The molecule has 0 amide bonds. The zero-order valence-corrected chi connectivity index (χ0v) is 13.5. The number of hydrogen-bond donors (Lipinski definition) is 1. The van der Waals surface area contributed by atoms with Gasteiger partial charge in [-0.2, -0.15) is 0 Å². The van der Waals surface area contributed by atoms with Crippen LogP contribution in [-0.2, 0) is 4.74 Å². The van der Waals surface area contributed by atoms with Gasteiger partial charge in [0.1, 0.15) is 0 Å². The van der Waals surface area contributed by atoms with Crippen molar-refractivity contribution in [2.45, 2.75) is 33.2 Å². The maximum Gasteiger partial charge on any atom is 0.0547 e. The normalized spacial score (nSPS) is 25.4. The molecule has 1 aliphatic heterocycles. The molecule has 1 aliphatic rings. The highest BCUT2D eigenvalue weighted by Gasteiger charge is 2.36. The summed E-state index contributed by atoms with van der Waals surface area (Å²) >= 11 is 0. The number of rotatable bonds is 9. The van der Waals surface area contributed by atoms with E-state index in [0.717, 1.165) is 45.9 Å². The average molecular weight is 271 g/mol. The first-order valence-electron chi connectivity index (χ1n) is 7.70. The average Bonchev–Trinajstić information content (AvgIpc) is 2.81. The molecule has 0 bridgehead atoms. The first-order valence-corrected chi connectivity index (χ1v) is 7.70. The van der Waals surface area contributed by atoms with Crippen LogP contribution >= 0.6 is 0 Å². The molecule has 1 saturated heterocycles. The molecule has 0 aliphatic carbocycles. The van der Waals surface area contributed by atoms with Crippen molar-refractivity contribution in [1.29, 1.82) is 0 Å². The van der Waals surface area contributed by atoms with E-state index in [4.69, 9.17) is 4.74 Å². The molecule has 1 rings (SSSR count). The molecular formula is C15H33N3O. The monoisotopic (exact) mass is 271 g/mol. The Morgan fingerprint density at radius 3 is 2.53 bits per heavy atom. The van der Waals surface area contributed by atoms with E-state index in [-0.39, 0.29) is 0 Å². The van der Waals surface area contributed by atoms with Gasteiger partial charge in [-0.1, -0.05) is 13.8 Å². The van der Waals surface area contributed by atoms with E-state index in [9.17, 15) is 0 Å². The second-order valence-corrected chi connectivity index (χ2v) is 6.26. The van der Waals surface area contributed by atoms with Crippen molar-refractivity contribution in [2.24, 2.45) is 5.41 Å². The summed E-state index contributed by atoms with van der Waals surface area (Å²) < 4.78 is 5.69. The van der Waals surface area contributed by atoms with Crippen molar-refractivity contribution in [2.75, 3.05) is 60.0 Å². The third-order valence-corrected chi connectivity index (χ3v) is 4.13. The predicted octanol–water partition coefficient (Wildman–Crippen LogP) is 1.27. The lowest BCUT2D eigenvalue weighted by molar-refractivity contribution is 0.0843. The summed E-state index contributed by atoms with van der Waals surface area (Å²) in [5.74, 6) is 0. The van der Waals surface area contributed by atoms with Crippen LogP contribution in [0, 0.1) is 5.41 Å². The van der Waals surface area contributed by atoms with Crippen molar-refractivity contribution >= 4 is 0 Å². The van der Waals surface area contributed by atoms with Crippen LogP contribution in [0.25, 0.3) is 0 Å². The van der Waals surface area contributed by atoms with Gasteiger partial charge < -0.3 is 15.0 Å². The molecule has 1 N–H and O–H groups in total. The van der Waals surface area contributed by atoms with Crippen molar-refractivity contribution in [3.05, 3.63) is 0 Å². The van der Waals surface area contributed by atoms with Crippen LogP contribution in [0.2, 0.25) is 0 Å². The zero-order valence-electron chi connectivity index (χ0n) is 13.5. The molecule has 0 saturated carbocycles. The third-order valence-electron chi connectivity index (χ3n) is 4.13. The minimum atomic E-state index is 0.312. The number of hydrogen-bond acceptors (Lipinski definition) is 4. The summed E-state index contributed by atoms with van der Waals surface area (Å²) in [6, 6.07) is 0.596. The van der Waals surface area contributed by atoms with E-state index < -0.39 is 0 Å². The molecular weight excluding hydrogens is 238 g/mol. The summed E-state index contributed by atoms with van der Waals surface area (Å²) in [7, 11) is 4.30. The minimum Gasteiger partial charge on any atom is -0.381 e. The van der Waals surface area contributed by atoms with Gasteiger partial charge in [0.2, 0.25) is 0 Å². The molecule has 2 unspecified atom stereocenters. The summed E-state index contributed by atoms with van der Waals surface area (Å²) in [6.45, 7) is 14.1. The number of nitrogens with one attached hydrogen (secondary N) is 1.